The fourth-order valence-corrected chi connectivity index (χ4v) is 5.56. The van der Waals surface area contributed by atoms with Crippen LogP contribution in [0.15, 0.2) is 34.3 Å². The van der Waals surface area contributed by atoms with Gasteiger partial charge in [-0.05, 0) is 109 Å². The molecule has 3 rings (SSSR count). The molecule has 1 saturated carbocycles. The third kappa shape index (κ3) is 7.77. The Bertz CT molecular complexity index is 1070. The van der Waals surface area contributed by atoms with Crippen molar-refractivity contribution in [3.05, 3.63) is 57.6 Å². The molecule has 4 heteroatoms. The Kier molecular flexibility index (Phi) is 11.8. The summed E-state index contributed by atoms with van der Waals surface area (Å²) in [6.07, 6.45) is 11.9. The third-order valence-corrected chi connectivity index (χ3v) is 9.55. The van der Waals surface area contributed by atoms with Crippen molar-refractivity contribution in [3.8, 4) is 11.5 Å². The van der Waals surface area contributed by atoms with Gasteiger partial charge in [0.2, 0.25) is 0 Å². The Balaban J connectivity index is 1.72. The number of benzene rings is 2. The van der Waals surface area contributed by atoms with Gasteiger partial charge in [0, 0.05) is 23.6 Å². The van der Waals surface area contributed by atoms with E-state index in [1.165, 1.54) is 11.1 Å². The van der Waals surface area contributed by atoms with E-state index < -0.39 is 0 Å². The van der Waals surface area contributed by atoms with Crippen molar-refractivity contribution in [1.29, 1.82) is 0 Å². The summed E-state index contributed by atoms with van der Waals surface area (Å²) in [6, 6.07) is 9.15. The summed E-state index contributed by atoms with van der Waals surface area (Å²) in [4.78, 5) is 9.88. The van der Waals surface area contributed by atoms with Crippen LogP contribution >= 0.6 is 0 Å². The van der Waals surface area contributed by atoms with Crippen LogP contribution in [-0.2, 0) is 0 Å². The van der Waals surface area contributed by atoms with Crippen LogP contribution in [0.25, 0.3) is 0 Å². The second kappa shape index (κ2) is 14.8. The first-order valence-corrected chi connectivity index (χ1v) is 15.9. The highest BCUT2D eigenvalue weighted by Crippen LogP contribution is 2.36. The van der Waals surface area contributed by atoms with Crippen molar-refractivity contribution in [1.82, 2.24) is 0 Å². The second-order valence-electron chi connectivity index (χ2n) is 12.4. The molecule has 0 saturated heterocycles. The van der Waals surface area contributed by atoms with Gasteiger partial charge in [0.15, 0.2) is 0 Å². The predicted molar refractivity (Wildman–Crippen MR) is 172 cm³/mol. The van der Waals surface area contributed by atoms with E-state index in [2.05, 4.69) is 79.7 Å². The summed E-state index contributed by atoms with van der Waals surface area (Å²) < 4.78 is 0. The molecule has 2 N–H and O–H groups in total. The molecule has 4 atom stereocenters. The van der Waals surface area contributed by atoms with Gasteiger partial charge >= 0.3 is 0 Å². The van der Waals surface area contributed by atoms with Gasteiger partial charge < -0.3 is 10.2 Å². The lowest BCUT2D eigenvalue weighted by Crippen LogP contribution is -2.20. The van der Waals surface area contributed by atoms with Gasteiger partial charge in [0.05, 0.1) is 12.1 Å². The van der Waals surface area contributed by atoms with Gasteiger partial charge in [-0.2, -0.15) is 0 Å². The Hall–Kier alpha value is -2.62. The summed E-state index contributed by atoms with van der Waals surface area (Å²) in [7, 11) is 0. The van der Waals surface area contributed by atoms with Crippen LogP contribution in [0, 0.1) is 0 Å². The first-order valence-electron chi connectivity index (χ1n) is 15.9. The number of aromatic hydroxyl groups is 2. The minimum absolute atomic E-state index is 0.254. The molecular formula is C36H54N2O2. The summed E-state index contributed by atoms with van der Waals surface area (Å²) in [5.41, 5.74) is 6.34. The van der Waals surface area contributed by atoms with Gasteiger partial charge in [0.25, 0.3) is 0 Å². The molecule has 220 valence electrons. The number of phenols is 2. The molecule has 1 aliphatic carbocycles. The molecule has 2 aromatic carbocycles. The highest BCUT2D eigenvalue weighted by Gasteiger charge is 2.21. The van der Waals surface area contributed by atoms with Crippen molar-refractivity contribution in [2.75, 3.05) is 0 Å². The zero-order valence-corrected chi connectivity index (χ0v) is 26.4. The number of aliphatic imine (C=N–C) groups is 2. The van der Waals surface area contributed by atoms with Gasteiger partial charge in [-0.1, -0.05) is 67.5 Å². The van der Waals surface area contributed by atoms with E-state index in [9.17, 15) is 10.2 Å². The molecule has 0 aromatic heterocycles. The monoisotopic (exact) mass is 546 g/mol. The fourth-order valence-electron chi connectivity index (χ4n) is 5.56. The van der Waals surface area contributed by atoms with E-state index in [1.807, 2.05) is 12.4 Å². The van der Waals surface area contributed by atoms with E-state index in [-0.39, 0.29) is 12.1 Å². The fraction of sp³-hybridized carbons (Fsp3) is 0.611. The Morgan fingerprint density at radius 1 is 0.600 bits per heavy atom. The van der Waals surface area contributed by atoms with E-state index >= 15 is 0 Å². The molecule has 2 aromatic rings. The van der Waals surface area contributed by atoms with E-state index in [0.29, 0.717) is 35.2 Å². The topological polar surface area (TPSA) is 65.2 Å². The maximum atomic E-state index is 11.0. The number of phenolic OH excluding ortho intramolecular Hbond substituents is 2. The quantitative estimate of drug-likeness (QED) is 0.260. The van der Waals surface area contributed by atoms with Crippen LogP contribution < -0.4 is 0 Å². The van der Waals surface area contributed by atoms with Crippen molar-refractivity contribution in [2.45, 2.75) is 143 Å². The molecule has 1 fully saturated rings. The average molecular weight is 547 g/mol. The van der Waals surface area contributed by atoms with Crippen LogP contribution in [0.3, 0.4) is 0 Å². The summed E-state index contributed by atoms with van der Waals surface area (Å²) in [5.74, 6) is 2.32. The Morgan fingerprint density at radius 2 is 0.925 bits per heavy atom. The highest BCUT2D eigenvalue weighted by molar-refractivity contribution is 5.85. The standard InChI is InChI=1S/C36H54N2O2/c1-9-23(5)27-17-29(35(39)33(19-27)25(7)11-3)21-37-31-13-15-32(16-14-31)38-22-30-18-28(24(6)10-2)20-34(36(30)40)26(8)12-4/h17-26,31-32,39-40H,9-16H2,1-8H3. The van der Waals surface area contributed by atoms with Crippen molar-refractivity contribution in [3.63, 3.8) is 0 Å². The lowest BCUT2D eigenvalue weighted by Gasteiger charge is -2.24. The van der Waals surface area contributed by atoms with Gasteiger partial charge in [-0.15, -0.1) is 0 Å². The van der Waals surface area contributed by atoms with Gasteiger partial charge in [-0.25, -0.2) is 0 Å². The van der Waals surface area contributed by atoms with Gasteiger partial charge in [0.1, 0.15) is 11.5 Å². The molecule has 4 nitrogen and oxygen atoms in total. The SMILES string of the molecule is CCC(C)c1cc(C=NC2CCC(N=Cc3cc(C(C)CC)cc(C(C)CC)c3O)CC2)c(O)c(C(C)CC)c1. The van der Waals surface area contributed by atoms with Crippen LogP contribution in [0.1, 0.15) is 164 Å². The lowest BCUT2D eigenvalue weighted by molar-refractivity contribution is 0.399. The maximum absolute atomic E-state index is 11.0. The zero-order valence-electron chi connectivity index (χ0n) is 26.4. The van der Waals surface area contributed by atoms with E-state index in [1.54, 1.807) is 0 Å². The maximum Gasteiger partial charge on any atom is 0.127 e. The molecule has 0 radical (unpaired) electrons. The first-order chi connectivity index (χ1) is 19.1. The Labute approximate surface area is 244 Å². The molecule has 1 aliphatic rings. The summed E-state index contributed by atoms with van der Waals surface area (Å²) in [6.45, 7) is 17.6. The molecule has 0 bridgehead atoms. The smallest absolute Gasteiger partial charge is 0.127 e. The normalized spacial score (nSPS) is 21.1. The number of hydrogen-bond donors (Lipinski definition) is 2. The Morgan fingerprint density at radius 3 is 1.23 bits per heavy atom. The molecular weight excluding hydrogens is 492 g/mol. The van der Waals surface area contributed by atoms with Crippen LogP contribution in [0.4, 0.5) is 0 Å². The summed E-state index contributed by atoms with van der Waals surface area (Å²) in [5, 5.41) is 22.1. The van der Waals surface area contributed by atoms with Crippen molar-refractivity contribution >= 4 is 12.4 Å². The first kappa shape index (κ1) is 31.9. The van der Waals surface area contributed by atoms with Crippen LogP contribution in [0.5, 0.6) is 11.5 Å². The van der Waals surface area contributed by atoms with Crippen LogP contribution in [0.2, 0.25) is 0 Å². The molecule has 0 amide bonds. The lowest BCUT2D eigenvalue weighted by atomic mass is 9.88. The second-order valence-corrected chi connectivity index (χ2v) is 12.4. The summed E-state index contributed by atoms with van der Waals surface area (Å²) >= 11 is 0. The van der Waals surface area contributed by atoms with Gasteiger partial charge in [-0.3, -0.25) is 9.98 Å². The molecule has 0 heterocycles. The molecule has 0 aliphatic heterocycles. The minimum Gasteiger partial charge on any atom is -0.507 e. The van der Waals surface area contributed by atoms with E-state index in [4.69, 9.17) is 9.98 Å². The van der Waals surface area contributed by atoms with E-state index in [0.717, 1.165) is 73.6 Å². The van der Waals surface area contributed by atoms with Crippen molar-refractivity contribution in [2.24, 2.45) is 9.98 Å². The minimum atomic E-state index is 0.254. The zero-order chi connectivity index (χ0) is 29.4. The largest absolute Gasteiger partial charge is 0.507 e. The molecule has 4 unspecified atom stereocenters. The molecule has 40 heavy (non-hydrogen) atoms. The third-order valence-electron chi connectivity index (χ3n) is 9.55. The number of rotatable bonds is 12. The number of hydrogen-bond acceptors (Lipinski definition) is 4. The highest BCUT2D eigenvalue weighted by atomic mass is 16.3. The number of nitrogens with zero attached hydrogens (tertiary/aromatic N) is 2. The van der Waals surface area contributed by atoms with Crippen molar-refractivity contribution < 1.29 is 10.2 Å². The predicted octanol–water partition coefficient (Wildman–Crippen LogP) is 10.0. The average Bonchev–Trinajstić information content (AvgIpc) is 2.98. The van der Waals surface area contributed by atoms with Crippen LogP contribution in [-0.4, -0.2) is 34.7 Å². The molecule has 0 spiro atoms.